The van der Waals surface area contributed by atoms with Crippen molar-refractivity contribution in [1.82, 2.24) is 14.3 Å². The van der Waals surface area contributed by atoms with Crippen LogP contribution < -0.4 is 0 Å². The minimum absolute atomic E-state index is 0.155. The van der Waals surface area contributed by atoms with Crippen LogP contribution in [0.4, 0.5) is 4.39 Å². The Labute approximate surface area is 129 Å². The predicted octanol–water partition coefficient (Wildman–Crippen LogP) is 2.43. The average molecular weight is 323 g/mol. The van der Waals surface area contributed by atoms with E-state index in [9.17, 15) is 12.8 Å². The highest BCUT2D eigenvalue weighted by molar-refractivity contribution is 7.89. The number of piperidine rings is 1. The van der Waals surface area contributed by atoms with Crippen molar-refractivity contribution in [2.45, 2.75) is 30.6 Å². The maximum Gasteiger partial charge on any atom is 0.243 e. The molecule has 22 heavy (non-hydrogen) atoms. The minimum Gasteiger partial charge on any atom is -0.348 e. The number of nitrogens with zero attached hydrogens (tertiary/aromatic N) is 2. The summed E-state index contributed by atoms with van der Waals surface area (Å²) in [7, 11) is -3.56. The van der Waals surface area contributed by atoms with Gasteiger partial charge in [-0.1, -0.05) is 0 Å². The Kier molecular flexibility index (Phi) is 4.01. The van der Waals surface area contributed by atoms with Gasteiger partial charge in [-0.2, -0.15) is 4.31 Å². The summed E-state index contributed by atoms with van der Waals surface area (Å²) >= 11 is 0. The molecule has 0 saturated carbocycles. The number of H-pyrrole nitrogens is 1. The van der Waals surface area contributed by atoms with Gasteiger partial charge < -0.3 is 4.98 Å². The topological polar surface area (TPSA) is 66.1 Å². The lowest BCUT2D eigenvalue weighted by molar-refractivity contribution is 0.314. The average Bonchev–Trinajstić information content (AvgIpc) is 3.04. The number of sulfonamides is 1. The Morgan fingerprint density at radius 1 is 1.32 bits per heavy atom. The predicted molar refractivity (Wildman–Crippen MR) is 80.5 cm³/mol. The molecule has 1 N–H and O–H groups in total. The van der Waals surface area contributed by atoms with Crippen LogP contribution in [0, 0.1) is 12.7 Å². The summed E-state index contributed by atoms with van der Waals surface area (Å²) in [4.78, 5) is 7.48. The van der Waals surface area contributed by atoms with Crippen molar-refractivity contribution in [2.24, 2.45) is 0 Å². The first-order chi connectivity index (χ1) is 10.5. The molecule has 1 aromatic heterocycles. The normalized spacial score (nSPS) is 17.7. The van der Waals surface area contributed by atoms with Crippen LogP contribution in [0.5, 0.6) is 0 Å². The first kappa shape index (κ1) is 15.2. The Morgan fingerprint density at radius 2 is 2.05 bits per heavy atom. The molecule has 1 aromatic carbocycles. The van der Waals surface area contributed by atoms with Crippen LogP contribution in [0.1, 0.15) is 30.1 Å². The molecule has 1 saturated heterocycles. The molecule has 5 nitrogen and oxygen atoms in total. The fraction of sp³-hybridized carbons (Fsp3) is 0.400. The van der Waals surface area contributed by atoms with Gasteiger partial charge in [-0.3, -0.25) is 0 Å². The van der Waals surface area contributed by atoms with Gasteiger partial charge in [-0.25, -0.2) is 17.8 Å². The lowest BCUT2D eigenvalue weighted by Gasteiger charge is -2.30. The third-order valence-electron chi connectivity index (χ3n) is 4.13. The van der Waals surface area contributed by atoms with Crippen LogP contribution in [0.15, 0.2) is 35.5 Å². The lowest BCUT2D eigenvalue weighted by Crippen LogP contribution is -2.38. The number of hydrogen-bond acceptors (Lipinski definition) is 3. The fourth-order valence-electron chi connectivity index (χ4n) is 2.80. The molecular formula is C15H18FN3O2S. The Balaban J connectivity index is 1.75. The maximum absolute atomic E-state index is 13.3. The SMILES string of the molecule is Cc1cc(S(=O)(=O)N2CCC(c3ncc[nH]3)CC2)ccc1F. The summed E-state index contributed by atoms with van der Waals surface area (Å²) in [5.41, 5.74) is 0.339. The monoisotopic (exact) mass is 323 g/mol. The molecule has 0 bridgehead atoms. The first-order valence-corrected chi connectivity index (χ1v) is 8.68. The van der Waals surface area contributed by atoms with E-state index >= 15 is 0 Å². The maximum atomic E-state index is 13.3. The van der Waals surface area contributed by atoms with E-state index in [-0.39, 0.29) is 10.8 Å². The Hall–Kier alpha value is -1.73. The van der Waals surface area contributed by atoms with Crippen molar-refractivity contribution in [2.75, 3.05) is 13.1 Å². The zero-order valence-corrected chi connectivity index (χ0v) is 13.1. The molecule has 118 valence electrons. The summed E-state index contributed by atoms with van der Waals surface area (Å²) in [6, 6.07) is 3.93. The van der Waals surface area contributed by atoms with Crippen molar-refractivity contribution in [3.8, 4) is 0 Å². The summed E-state index contributed by atoms with van der Waals surface area (Å²) in [6.07, 6.45) is 4.94. The molecular weight excluding hydrogens is 305 g/mol. The Morgan fingerprint density at radius 3 is 2.64 bits per heavy atom. The van der Waals surface area contributed by atoms with Crippen molar-refractivity contribution < 1.29 is 12.8 Å². The molecule has 7 heteroatoms. The van der Waals surface area contributed by atoms with Crippen molar-refractivity contribution in [3.63, 3.8) is 0 Å². The fourth-order valence-corrected chi connectivity index (χ4v) is 4.35. The molecule has 0 amide bonds. The van der Waals surface area contributed by atoms with Crippen LogP contribution in [-0.4, -0.2) is 35.8 Å². The largest absolute Gasteiger partial charge is 0.348 e. The number of hydrogen-bond donors (Lipinski definition) is 1. The van der Waals surface area contributed by atoms with E-state index in [1.807, 2.05) is 0 Å². The zero-order chi connectivity index (χ0) is 15.7. The van der Waals surface area contributed by atoms with E-state index in [4.69, 9.17) is 0 Å². The molecule has 0 radical (unpaired) electrons. The van der Waals surface area contributed by atoms with Gasteiger partial charge in [0.05, 0.1) is 4.90 Å². The summed E-state index contributed by atoms with van der Waals surface area (Å²) < 4.78 is 40.0. The third kappa shape index (κ3) is 2.78. The second-order valence-corrected chi connectivity index (χ2v) is 7.50. The molecule has 0 aliphatic carbocycles. The van der Waals surface area contributed by atoms with E-state index < -0.39 is 15.8 Å². The van der Waals surface area contributed by atoms with Gasteiger partial charge in [0.15, 0.2) is 0 Å². The number of benzene rings is 1. The molecule has 1 aliphatic rings. The van der Waals surface area contributed by atoms with Gasteiger partial charge in [0.1, 0.15) is 11.6 Å². The summed E-state index contributed by atoms with van der Waals surface area (Å²) in [5, 5.41) is 0. The minimum atomic E-state index is -3.56. The van der Waals surface area contributed by atoms with E-state index in [1.54, 1.807) is 19.3 Å². The van der Waals surface area contributed by atoms with Crippen LogP contribution in [0.25, 0.3) is 0 Å². The van der Waals surface area contributed by atoms with Gasteiger partial charge in [0.2, 0.25) is 10.0 Å². The third-order valence-corrected chi connectivity index (χ3v) is 6.02. The van der Waals surface area contributed by atoms with Crippen LogP contribution in [0.2, 0.25) is 0 Å². The number of aromatic amines is 1. The number of rotatable bonds is 3. The number of nitrogens with one attached hydrogen (secondary N) is 1. The Bertz CT molecular complexity index is 751. The van der Waals surface area contributed by atoms with E-state index in [0.29, 0.717) is 18.7 Å². The molecule has 1 aliphatic heterocycles. The number of aryl methyl sites for hydroxylation is 1. The number of aromatic nitrogens is 2. The summed E-state index contributed by atoms with van der Waals surface area (Å²) in [5.74, 6) is 0.779. The second-order valence-electron chi connectivity index (χ2n) is 5.56. The smallest absolute Gasteiger partial charge is 0.243 e. The van der Waals surface area contributed by atoms with E-state index in [2.05, 4.69) is 9.97 Å². The van der Waals surface area contributed by atoms with Crippen LogP contribution in [0.3, 0.4) is 0 Å². The molecule has 0 unspecified atom stereocenters. The second kappa shape index (κ2) is 5.81. The first-order valence-electron chi connectivity index (χ1n) is 7.24. The highest BCUT2D eigenvalue weighted by atomic mass is 32.2. The standard InChI is InChI=1S/C15H18FN3O2S/c1-11-10-13(2-3-14(11)16)22(20,21)19-8-4-12(5-9-19)15-17-6-7-18-15/h2-3,6-7,10,12H,4-5,8-9H2,1H3,(H,17,18). The molecule has 0 atom stereocenters. The molecule has 2 heterocycles. The number of halogens is 1. The van der Waals surface area contributed by atoms with Crippen molar-refractivity contribution in [1.29, 1.82) is 0 Å². The van der Waals surface area contributed by atoms with Gasteiger partial charge in [0, 0.05) is 31.4 Å². The highest BCUT2D eigenvalue weighted by Gasteiger charge is 2.30. The van der Waals surface area contributed by atoms with E-state index in [0.717, 1.165) is 18.7 Å². The van der Waals surface area contributed by atoms with Crippen LogP contribution >= 0.6 is 0 Å². The highest BCUT2D eigenvalue weighted by Crippen LogP contribution is 2.29. The number of imidazole rings is 1. The summed E-state index contributed by atoms with van der Waals surface area (Å²) in [6.45, 7) is 2.46. The van der Waals surface area contributed by atoms with E-state index in [1.165, 1.54) is 22.5 Å². The van der Waals surface area contributed by atoms with Gasteiger partial charge >= 0.3 is 0 Å². The van der Waals surface area contributed by atoms with Crippen molar-refractivity contribution in [3.05, 3.63) is 47.8 Å². The molecule has 2 aromatic rings. The lowest BCUT2D eigenvalue weighted by atomic mass is 9.98. The van der Waals surface area contributed by atoms with Crippen molar-refractivity contribution >= 4 is 10.0 Å². The zero-order valence-electron chi connectivity index (χ0n) is 12.3. The van der Waals surface area contributed by atoms with Gasteiger partial charge in [0.25, 0.3) is 0 Å². The molecule has 1 fully saturated rings. The van der Waals surface area contributed by atoms with Gasteiger partial charge in [-0.15, -0.1) is 0 Å². The van der Waals surface area contributed by atoms with Gasteiger partial charge in [-0.05, 0) is 43.5 Å². The van der Waals surface area contributed by atoms with Crippen LogP contribution in [-0.2, 0) is 10.0 Å². The quantitative estimate of drug-likeness (QED) is 0.943. The molecule has 0 spiro atoms. The molecule has 3 rings (SSSR count).